The molecule has 0 aliphatic carbocycles. The largest absolute Gasteiger partial charge is 0.490 e. The maximum Gasteiger partial charge on any atom is 0.328 e. The first-order chi connectivity index (χ1) is 13.5. The van der Waals surface area contributed by atoms with Crippen molar-refractivity contribution < 1.29 is 23.9 Å². The molecule has 144 valence electrons. The van der Waals surface area contributed by atoms with Crippen LogP contribution in [0.25, 0.3) is 6.08 Å². The molecule has 0 spiro atoms. The van der Waals surface area contributed by atoms with Crippen molar-refractivity contribution in [3.8, 4) is 11.5 Å². The minimum atomic E-state index is -0.857. The van der Waals surface area contributed by atoms with Gasteiger partial charge in [-0.15, -0.1) is 0 Å². The van der Waals surface area contributed by atoms with Gasteiger partial charge in [0.05, 0.1) is 11.6 Å². The van der Waals surface area contributed by atoms with Gasteiger partial charge in [-0.2, -0.15) is 0 Å². The second kappa shape index (κ2) is 8.58. The summed E-state index contributed by atoms with van der Waals surface area (Å²) in [6.45, 7) is 2.48. The Bertz CT molecular complexity index is 935. The van der Waals surface area contributed by atoms with Crippen molar-refractivity contribution in [2.24, 2.45) is 0 Å². The highest BCUT2D eigenvalue weighted by molar-refractivity contribution is 6.33. The van der Waals surface area contributed by atoms with Crippen molar-refractivity contribution in [3.05, 3.63) is 64.2 Å². The van der Waals surface area contributed by atoms with E-state index >= 15 is 0 Å². The number of barbiturate groups is 1. The van der Waals surface area contributed by atoms with Crippen LogP contribution in [0.4, 0.5) is 4.79 Å². The summed E-state index contributed by atoms with van der Waals surface area (Å²) < 4.78 is 11.4. The summed E-state index contributed by atoms with van der Waals surface area (Å²) in [7, 11) is 0. The Morgan fingerprint density at radius 1 is 1.00 bits per heavy atom. The van der Waals surface area contributed by atoms with E-state index in [1.165, 1.54) is 6.08 Å². The molecular weight excluding hydrogens is 384 g/mol. The van der Waals surface area contributed by atoms with E-state index in [-0.39, 0.29) is 10.6 Å². The predicted octanol–water partition coefficient (Wildman–Crippen LogP) is 3.07. The van der Waals surface area contributed by atoms with Gasteiger partial charge in [0.2, 0.25) is 0 Å². The van der Waals surface area contributed by atoms with E-state index in [2.05, 4.69) is 0 Å². The number of halogens is 1. The first-order valence-corrected chi connectivity index (χ1v) is 8.87. The van der Waals surface area contributed by atoms with Crippen LogP contribution in [0, 0.1) is 0 Å². The molecule has 2 aromatic rings. The SMILES string of the molecule is CCOc1cc(C=C2C(=O)NC(=O)NC2=O)cc(Cl)c1OCc1ccccc1. The Balaban J connectivity index is 1.90. The van der Waals surface area contributed by atoms with Crippen LogP contribution >= 0.6 is 11.6 Å². The minimum Gasteiger partial charge on any atom is -0.490 e. The quantitative estimate of drug-likeness (QED) is 0.574. The average Bonchev–Trinajstić information content (AvgIpc) is 2.65. The smallest absolute Gasteiger partial charge is 0.328 e. The van der Waals surface area contributed by atoms with Crippen molar-refractivity contribution in [1.29, 1.82) is 0 Å². The van der Waals surface area contributed by atoms with E-state index in [0.717, 1.165) is 5.56 Å². The highest BCUT2D eigenvalue weighted by Gasteiger charge is 2.28. The summed E-state index contributed by atoms with van der Waals surface area (Å²) in [4.78, 5) is 34.9. The van der Waals surface area contributed by atoms with Crippen molar-refractivity contribution in [3.63, 3.8) is 0 Å². The molecule has 1 saturated heterocycles. The van der Waals surface area contributed by atoms with Crippen LogP contribution in [0.5, 0.6) is 11.5 Å². The van der Waals surface area contributed by atoms with Gasteiger partial charge >= 0.3 is 6.03 Å². The summed E-state index contributed by atoms with van der Waals surface area (Å²) >= 11 is 6.36. The fourth-order valence-electron chi connectivity index (χ4n) is 2.58. The van der Waals surface area contributed by atoms with Gasteiger partial charge in [0, 0.05) is 0 Å². The molecule has 0 unspecified atom stereocenters. The van der Waals surface area contributed by atoms with Crippen molar-refractivity contribution >= 4 is 35.5 Å². The lowest BCUT2D eigenvalue weighted by atomic mass is 10.1. The number of urea groups is 1. The maximum atomic E-state index is 11.9. The van der Waals surface area contributed by atoms with Gasteiger partial charge in [0.15, 0.2) is 11.5 Å². The molecule has 8 heteroatoms. The topological polar surface area (TPSA) is 93.7 Å². The molecule has 7 nitrogen and oxygen atoms in total. The van der Waals surface area contributed by atoms with E-state index in [1.807, 2.05) is 47.9 Å². The average molecular weight is 401 g/mol. The molecule has 1 aliphatic heterocycles. The molecule has 28 heavy (non-hydrogen) atoms. The van der Waals surface area contributed by atoms with Crippen molar-refractivity contribution in [1.82, 2.24) is 10.6 Å². The second-order valence-corrected chi connectivity index (χ2v) is 6.24. The van der Waals surface area contributed by atoms with Crippen LogP contribution in [0.15, 0.2) is 48.0 Å². The van der Waals surface area contributed by atoms with Gasteiger partial charge in [0.25, 0.3) is 11.8 Å². The van der Waals surface area contributed by atoms with Crippen molar-refractivity contribution in [2.75, 3.05) is 6.61 Å². The number of carbonyl (C=O) groups is 3. The molecule has 2 aromatic carbocycles. The normalized spacial score (nSPS) is 13.6. The van der Waals surface area contributed by atoms with E-state index in [0.29, 0.717) is 30.3 Å². The number of benzene rings is 2. The molecule has 3 rings (SSSR count). The molecule has 0 radical (unpaired) electrons. The van der Waals surface area contributed by atoms with E-state index in [4.69, 9.17) is 21.1 Å². The van der Waals surface area contributed by atoms with Gasteiger partial charge in [-0.3, -0.25) is 20.2 Å². The predicted molar refractivity (Wildman–Crippen MR) is 103 cm³/mol. The summed E-state index contributed by atoms with van der Waals surface area (Å²) in [5.41, 5.74) is 1.21. The number of amides is 4. The Kier molecular flexibility index (Phi) is 5.96. The third-order valence-corrected chi connectivity index (χ3v) is 4.09. The third-order valence-electron chi connectivity index (χ3n) is 3.81. The first-order valence-electron chi connectivity index (χ1n) is 8.49. The molecule has 0 bridgehead atoms. The van der Waals surface area contributed by atoms with Crippen LogP contribution in [0.3, 0.4) is 0 Å². The standard InChI is InChI=1S/C20H17ClN2O5/c1-2-27-16-10-13(8-14-18(24)22-20(26)23-19(14)25)9-15(21)17(16)28-11-12-6-4-3-5-7-12/h3-10H,2,11H2,1H3,(H2,22,23,24,25,26). The number of carbonyl (C=O) groups excluding carboxylic acids is 3. The summed E-state index contributed by atoms with van der Waals surface area (Å²) in [5, 5.41) is 4.30. The Morgan fingerprint density at radius 3 is 2.32 bits per heavy atom. The summed E-state index contributed by atoms with van der Waals surface area (Å²) in [6.07, 6.45) is 1.33. The van der Waals surface area contributed by atoms with E-state index in [9.17, 15) is 14.4 Å². The van der Waals surface area contributed by atoms with Gasteiger partial charge in [-0.05, 0) is 36.3 Å². The number of hydrogen-bond donors (Lipinski definition) is 2. The van der Waals surface area contributed by atoms with Gasteiger partial charge in [-0.1, -0.05) is 41.9 Å². The van der Waals surface area contributed by atoms with Crippen LogP contribution in [0.1, 0.15) is 18.1 Å². The zero-order valence-electron chi connectivity index (χ0n) is 15.0. The number of rotatable bonds is 6. The molecule has 0 aromatic heterocycles. The Morgan fingerprint density at radius 2 is 1.68 bits per heavy atom. The fraction of sp³-hybridized carbons (Fsp3) is 0.150. The molecule has 1 heterocycles. The molecule has 4 amide bonds. The second-order valence-electron chi connectivity index (χ2n) is 5.83. The molecule has 2 N–H and O–H groups in total. The van der Waals surface area contributed by atoms with Crippen molar-refractivity contribution in [2.45, 2.75) is 13.5 Å². The van der Waals surface area contributed by atoms with Gasteiger partial charge < -0.3 is 9.47 Å². The van der Waals surface area contributed by atoms with Crippen LogP contribution in [0.2, 0.25) is 5.02 Å². The minimum absolute atomic E-state index is 0.212. The Labute approximate surface area is 166 Å². The zero-order valence-corrected chi connectivity index (χ0v) is 15.7. The van der Waals surface area contributed by atoms with E-state index in [1.54, 1.807) is 12.1 Å². The summed E-state index contributed by atoms with van der Waals surface area (Å²) in [6, 6.07) is 11.9. The molecule has 0 saturated carbocycles. The van der Waals surface area contributed by atoms with Crippen LogP contribution < -0.4 is 20.1 Å². The zero-order chi connectivity index (χ0) is 20.1. The number of hydrogen-bond acceptors (Lipinski definition) is 5. The number of nitrogens with one attached hydrogen (secondary N) is 2. The Hall–Kier alpha value is -3.32. The highest BCUT2D eigenvalue weighted by Crippen LogP contribution is 2.38. The van der Waals surface area contributed by atoms with Gasteiger partial charge in [0.1, 0.15) is 12.2 Å². The number of ether oxygens (including phenoxy) is 2. The molecule has 1 fully saturated rings. The first kappa shape index (κ1) is 19.4. The van der Waals surface area contributed by atoms with Gasteiger partial charge in [-0.25, -0.2) is 4.79 Å². The number of imide groups is 2. The molecular formula is C20H17ClN2O5. The third kappa shape index (κ3) is 4.50. The van der Waals surface area contributed by atoms with Crippen LogP contribution in [-0.2, 0) is 16.2 Å². The lowest BCUT2D eigenvalue weighted by molar-refractivity contribution is -0.123. The maximum absolute atomic E-state index is 11.9. The van der Waals surface area contributed by atoms with Crippen LogP contribution in [-0.4, -0.2) is 24.5 Å². The molecule has 1 aliphatic rings. The lowest BCUT2D eigenvalue weighted by Crippen LogP contribution is -2.51. The lowest BCUT2D eigenvalue weighted by Gasteiger charge is -2.16. The van der Waals surface area contributed by atoms with E-state index < -0.39 is 17.8 Å². The fourth-order valence-corrected chi connectivity index (χ4v) is 2.85. The monoisotopic (exact) mass is 400 g/mol. The molecule has 0 atom stereocenters. The summed E-state index contributed by atoms with van der Waals surface area (Å²) in [5.74, 6) is -0.827. The highest BCUT2D eigenvalue weighted by atomic mass is 35.5.